The Bertz CT molecular complexity index is 811. The van der Waals surface area contributed by atoms with Crippen LogP contribution in [-0.2, 0) is 19.6 Å². The summed E-state index contributed by atoms with van der Waals surface area (Å²) < 4.78 is 32.1. The summed E-state index contributed by atoms with van der Waals surface area (Å²) in [5, 5.41) is 3.14. The number of carbonyl (C=O) groups is 1. The molecule has 6 nitrogen and oxygen atoms in total. The number of rotatable bonds is 9. The summed E-state index contributed by atoms with van der Waals surface area (Å²) in [5.41, 5.74) is 0.412. The number of methoxy groups -OCH3 is 1. The SMILES string of the molecule is COCCCNC(=O)CN(c1ccccc1)S(=O)(=O)c1ccc(Cl)cc1. The fourth-order valence-electron chi connectivity index (χ4n) is 2.27. The molecule has 2 rings (SSSR count). The minimum Gasteiger partial charge on any atom is -0.385 e. The van der Waals surface area contributed by atoms with Crippen LogP contribution in [0.4, 0.5) is 5.69 Å². The second kappa shape index (κ2) is 9.56. The summed E-state index contributed by atoms with van der Waals surface area (Å²) in [4.78, 5) is 12.3. The van der Waals surface area contributed by atoms with Gasteiger partial charge < -0.3 is 10.1 Å². The molecule has 0 aliphatic rings. The number of amides is 1. The molecule has 0 aliphatic carbocycles. The molecule has 8 heteroatoms. The van der Waals surface area contributed by atoms with E-state index in [2.05, 4.69) is 5.32 Å². The monoisotopic (exact) mass is 396 g/mol. The van der Waals surface area contributed by atoms with E-state index in [1.807, 2.05) is 0 Å². The van der Waals surface area contributed by atoms with E-state index in [-0.39, 0.29) is 17.3 Å². The number of ether oxygens (including phenoxy) is 1. The molecule has 140 valence electrons. The van der Waals surface area contributed by atoms with Gasteiger partial charge >= 0.3 is 0 Å². The Balaban J connectivity index is 2.24. The second-order valence-electron chi connectivity index (χ2n) is 5.50. The lowest BCUT2D eigenvalue weighted by atomic mass is 10.3. The van der Waals surface area contributed by atoms with E-state index in [0.717, 1.165) is 4.31 Å². The largest absolute Gasteiger partial charge is 0.385 e. The van der Waals surface area contributed by atoms with E-state index in [4.69, 9.17) is 16.3 Å². The first kappa shape index (κ1) is 20.2. The first-order valence-corrected chi connectivity index (χ1v) is 9.86. The maximum absolute atomic E-state index is 13.0. The predicted molar refractivity (Wildman–Crippen MR) is 102 cm³/mol. The molecule has 0 fully saturated rings. The van der Waals surface area contributed by atoms with Gasteiger partial charge in [0.05, 0.1) is 10.6 Å². The maximum Gasteiger partial charge on any atom is 0.264 e. The Morgan fingerprint density at radius 3 is 2.38 bits per heavy atom. The van der Waals surface area contributed by atoms with Crippen molar-refractivity contribution in [2.45, 2.75) is 11.3 Å². The van der Waals surface area contributed by atoms with Crippen molar-refractivity contribution in [3.63, 3.8) is 0 Å². The van der Waals surface area contributed by atoms with Crippen LogP contribution in [-0.4, -0.2) is 41.1 Å². The van der Waals surface area contributed by atoms with Crippen molar-refractivity contribution in [2.75, 3.05) is 31.1 Å². The number of sulfonamides is 1. The highest BCUT2D eigenvalue weighted by Crippen LogP contribution is 2.24. The van der Waals surface area contributed by atoms with Crippen LogP contribution < -0.4 is 9.62 Å². The minimum atomic E-state index is -3.91. The zero-order chi connectivity index (χ0) is 19.0. The van der Waals surface area contributed by atoms with E-state index in [9.17, 15) is 13.2 Å². The first-order chi connectivity index (χ1) is 12.4. The lowest BCUT2D eigenvalue weighted by molar-refractivity contribution is -0.119. The number of hydrogen-bond donors (Lipinski definition) is 1. The van der Waals surface area contributed by atoms with Crippen molar-refractivity contribution in [3.8, 4) is 0 Å². The van der Waals surface area contributed by atoms with Crippen LogP contribution in [0, 0.1) is 0 Å². The number of hydrogen-bond acceptors (Lipinski definition) is 4. The van der Waals surface area contributed by atoms with E-state index in [1.54, 1.807) is 37.4 Å². The zero-order valence-corrected chi connectivity index (χ0v) is 16.0. The molecule has 0 spiro atoms. The number of para-hydroxylation sites is 1. The Labute approximate surface area is 158 Å². The Morgan fingerprint density at radius 1 is 1.12 bits per heavy atom. The third-order valence-corrected chi connectivity index (χ3v) is 5.62. The van der Waals surface area contributed by atoms with Crippen molar-refractivity contribution in [1.82, 2.24) is 5.32 Å². The second-order valence-corrected chi connectivity index (χ2v) is 7.80. The number of anilines is 1. The number of nitrogens with one attached hydrogen (secondary N) is 1. The summed E-state index contributed by atoms with van der Waals surface area (Å²) in [6.07, 6.45) is 0.650. The van der Waals surface area contributed by atoms with Crippen molar-refractivity contribution >= 4 is 33.2 Å². The molecule has 0 atom stereocenters. The molecule has 1 amide bonds. The third kappa shape index (κ3) is 5.45. The smallest absolute Gasteiger partial charge is 0.264 e. The van der Waals surface area contributed by atoms with Gasteiger partial charge in [0, 0.05) is 25.3 Å². The zero-order valence-electron chi connectivity index (χ0n) is 14.4. The van der Waals surface area contributed by atoms with Crippen molar-refractivity contribution in [2.24, 2.45) is 0 Å². The number of halogens is 1. The summed E-state index contributed by atoms with van der Waals surface area (Å²) >= 11 is 5.84. The molecule has 0 heterocycles. The van der Waals surface area contributed by atoms with Gasteiger partial charge in [0.2, 0.25) is 5.91 Å². The van der Waals surface area contributed by atoms with Crippen LogP contribution in [0.5, 0.6) is 0 Å². The molecule has 0 unspecified atom stereocenters. The number of carbonyl (C=O) groups excluding carboxylic acids is 1. The van der Waals surface area contributed by atoms with Gasteiger partial charge in [-0.3, -0.25) is 9.10 Å². The molecule has 0 radical (unpaired) electrons. The molecule has 0 bridgehead atoms. The normalized spacial score (nSPS) is 11.2. The average molecular weight is 397 g/mol. The molecule has 0 aliphatic heterocycles. The quantitative estimate of drug-likeness (QED) is 0.661. The van der Waals surface area contributed by atoms with Gasteiger partial charge in [-0.25, -0.2) is 8.42 Å². The van der Waals surface area contributed by atoms with Gasteiger partial charge in [-0.2, -0.15) is 0 Å². The van der Waals surface area contributed by atoms with Gasteiger partial charge in [-0.05, 0) is 42.8 Å². The van der Waals surface area contributed by atoms with Crippen LogP contribution in [0.1, 0.15) is 6.42 Å². The lowest BCUT2D eigenvalue weighted by Crippen LogP contribution is -2.41. The Hall–Kier alpha value is -2.09. The van der Waals surface area contributed by atoms with Crippen LogP contribution in [0.25, 0.3) is 0 Å². The van der Waals surface area contributed by atoms with Gasteiger partial charge in [0.25, 0.3) is 10.0 Å². The van der Waals surface area contributed by atoms with Crippen LogP contribution in [0.2, 0.25) is 5.02 Å². The highest BCUT2D eigenvalue weighted by molar-refractivity contribution is 7.92. The van der Waals surface area contributed by atoms with Crippen LogP contribution in [0.15, 0.2) is 59.5 Å². The van der Waals surface area contributed by atoms with E-state index in [1.165, 1.54) is 24.3 Å². The van der Waals surface area contributed by atoms with Crippen molar-refractivity contribution in [3.05, 3.63) is 59.6 Å². The van der Waals surface area contributed by atoms with Gasteiger partial charge in [-0.15, -0.1) is 0 Å². The molecule has 0 aromatic heterocycles. The molecular weight excluding hydrogens is 376 g/mol. The Kier molecular flexibility index (Phi) is 7.44. The fourth-order valence-corrected chi connectivity index (χ4v) is 3.82. The predicted octanol–water partition coefficient (Wildman–Crippen LogP) is 2.69. The summed E-state index contributed by atoms with van der Waals surface area (Å²) in [7, 11) is -2.33. The highest BCUT2D eigenvalue weighted by Gasteiger charge is 2.26. The number of nitrogens with zero attached hydrogens (tertiary/aromatic N) is 1. The maximum atomic E-state index is 13.0. The van der Waals surface area contributed by atoms with E-state index < -0.39 is 10.0 Å². The lowest BCUT2D eigenvalue weighted by Gasteiger charge is -2.24. The van der Waals surface area contributed by atoms with Gasteiger partial charge in [-0.1, -0.05) is 29.8 Å². The third-order valence-electron chi connectivity index (χ3n) is 3.58. The molecule has 2 aromatic carbocycles. The summed E-state index contributed by atoms with van der Waals surface area (Å²) in [6.45, 7) is 0.615. The molecule has 26 heavy (non-hydrogen) atoms. The molecular formula is C18H21ClN2O4S. The first-order valence-electron chi connectivity index (χ1n) is 8.04. The summed E-state index contributed by atoms with van der Waals surface area (Å²) in [6, 6.07) is 14.4. The minimum absolute atomic E-state index is 0.0675. The van der Waals surface area contributed by atoms with Crippen LogP contribution in [0.3, 0.4) is 0 Å². The standard InChI is InChI=1S/C18H21ClN2O4S/c1-25-13-5-12-20-18(22)14-21(16-6-3-2-4-7-16)26(23,24)17-10-8-15(19)9-11-17/h2-4,6-11H,5,12-14H2,1H3,(H,20,22). The molecule has 2 aromatic rings. The van der Waals surface area contributed by atoms with Crippen LogP contribution >= 0.6 is 11.6 Å². The summed E-state index contributed by atoms with van der Waals surface area (Å²) in [5.74, 6) is -0.387. The van der Waals surface area contributed by atoms with Crippen molar-refractivity contribution in [1.29, 1.82) is 0 Å². The topological polar surface area (TPSA) is 75.7 Å². The Morgan fingerprint density at radius 2 is 1.77 bits per heavy atom. The van der Waals surface area contributed by atoms with Crippen molar-refractivity contribution < 1.29 is 17.9 Å². The average Bonchev–Trinajstić information content (AvgIpc) is 2.64. The van der Waals surface area contributed by atoms with Gasteiger partial charge in [0.15, 0.2) is 0 Å². The molecule has 0 saturated carbocycles. The highest BCUT2D eigenvalue weighted by atomic mass is 35.5. The van der Waals surface area contributed by atoms with Gasteiger partial charge in [0.1, 0.15) is 6.54 Å². The fraction of sp³-hybridized carbons (Fsp3) is 0.278. The molecule has 0 saturated heterocycles. The van der Waals surface area contributed by atoms with E-state index in [0.29, 0.717) is 30.3 Å². The molecule has 1 N–H and O–H groups in total. The number of benzene rings is 2. The van der Waals surface area contributed by atoms with E-state index >= 15 is 0 Å².